The highest BCUT2D eigenvalue weighted by Gasteiger charge is 2.04. The Balaban J connectivity index is 2.10. The molecule has 1 aromatic heterocycles. The molecule has 0 bridgehead atoms. The maximum absolute atomic E-state index is 8.76. The summed E-state index contributed by atoms with van der Waals surface area (Å²) in [7, 11) is 1.62. The Hall–Kier alpha value is -1.97. The lowest BCUT2D eigenvalue weighted by atomic mass is 10.1. The first-order valence-corrected chi connectivity index (χ1v) is 7.07. The van der Waals surface area contributed by atoms with Gasteiger partial charge in [0.25, 0.3) is 0 Å². The minimum absolute atomic E-state index is 0.0658. The smallest absolute Gasteiger partial charge is 0.183 e. The average Bonchev–Trinajstić information content (AvgIpc) is 2.99. The molecule has 0 amide bonds. The van der Waals surface area contributed by atoms with Crippen LogP contribution in [0.2, 0.25) is 0 Å². The molecule has 0 aliphatic carbocycles. The average molecular weight is 289 g/mol. The van der Waals surface area contributed by atoms with Crippen molar-refractivity contribution in [3.8, 4) is 17.6 Å². The van der Waals surface area contributed by atoms with Crippen LogP contribution in [0.4, 0.5) is 0 Å². The summed E-state index contributed by atoms with van der Waals surface area (Å²) in [6.07, 6.45) is 1.95. The highest BCUT2D eigenvalue weighted by molar-refractivity contribution is 7.98. The van der Waals surface area contributed by atoms with Gasteiger partial charge in [0.15, 0.2) is 5.16 Å². The second kappa shape index (κ2) is 7.58. The predicted molar refractivity (Wildman–Crippen MR) is 77.5 cm³/mol. The number of aliphatic hydroxyl groups is 1. The van der Waals surface area contributed by atoms with E-state index >= 15 is 0 Å². The van der Waals surface area contributed by atoms with Gasteiger partial charge in [-0.15, -0.1) is 0 Å². The van der Waals surface area contributed by atoms with Crippen LogP contribution in [-0.4, -0.2) is 34.0 Å². The van der Waals surface area contributed by atoms with Crippen molar-refractivity contribution >= 4 is 11.8 Å². The summed E-state index contributed by atoms with van der Waals surface area (Å²) >= 11 is 1.57. The van der Waals surface area contributed by atoms with E-state index in [1.807, 2.05) is 18.2 Å². The summed E-state index contributed by atoms with van der Waals surface area (Å²) in [4.78, 5) is 4.06. The van der Waals surface area contributed by atoms with Crippen molar-refractivity contribution in [3.05, 3.63) is 35.7 Å². The first-order valence-electron chi connectivity index (χ1n) is 6.08. The summed E-state index contributed by atoms with van der Waals surface area (Å²) in [5.74, 6) is 7.44. The number of nitrogens with zero attached hydrogens (tertiary/aromatic N) is 2. The van der Waals surface area contributed by atoms with Gasteiger partial charge in [-0.25, -0.2) is 4.98 Å². The van der Waals surface area contributed by atoms with Crippen LogP contribution in [0, 0.1) is 11.8 Å². The molecule has 0 spiro atoms. The monoisotopic (exact) mass is 289 g/mol. The molecule has 0 radical (unpaired) electrons. The molecule has 2 aromatic rings. The molecule has 20 heavy (non-hydrogen) atoms. The molecule has 1 aromatic carbocycles. The third-order valence-corrected chi connectivity index (χ3v) is 3.44. The lowest BCUT2D eigenvalue weighted by Gasteiger charge is -2.06. The number of H-pyrrole nitrogens is 1. The Morgan fingerprint density at radius 3 is 3.05 bits per heavy atom. The lowest BCUT2D eigenvalue weighted by molar-refractivity contribution is 0.305. The van der Waals surface area contributed by atoms with E-state index in [2.05, 4.69) is 27.0 Å². The number of hydrogen-bond acceptors (Lipinski definition) is 5. The molecule has 2 rings (SSSR count). The van der Waals surface area contributed by atoms with Crippen LogP contribution in [-0.2, 0) is 5.75 Å². The van der Waals surface area contributed by atoms with Gasteiger partial charge in [-0.2, -0.15) is 5.10 Å². The van der Waals surface area contributed by atoms with Crippen LogP contribution in [0.15, 0.2) is 29.7 Å². The molecule has 0 saturated carbocycles. The normalized spacial score (nSPS) is 9.90. The molecule has 0 aliphatic heterocycles. The number of ether oxygens (including phenoxy) is 1. The Bertz CT molecular complexity index is 603. The van der Waals surface area contributed by atoms with Crippen LogP contribution in [0.25, 0.3) is 0 Å². The summed E-state index contributed by atoms with van der Waals surface area (Å²) < 4.78 is 5.28. The Morgan fingerprint density at radius 2 is 2.35 bits per heavy atom. The lowest BCUT2D eigenvalue weighted by Crippen LogP contribution is -1.91. The Morgan fingerprint density at radius 1 is 1.45 bits per heavy atom. The number of rotatable bonds is 5. The molecule has 2 N–H and O–H groups in total. The topological polar surface area (TPSA) is 71.0 Å². The zero-order valence-corrected chi connectivity index (χ0v) is 11.9. The fourth-order valence-electron chi connectivity index (χ4n) is 1.57. The predicted octanol–water partition coefficient (Wildman–Crippen LogP) is 1.84. The first-order chi connectivity index (χ1) is 9.83. The summed E-state index contributed by atoms with van der Waals surface area (Å²) in [5, 5.41) is 16.2. The second-order valence-electron chi connectivity index (χ2n) is 3.89. The summed E-state index contributed by atoms with van der Waals surface area (Å²) in [6, 6.07) is 5.89. The first kappa shape index (κ1) is 14.4. The van der Waals surface area contributed by atoms with Crippen LogP contribution in [0.5, 0.6) is 5.75 Å². The fourth-order valence-corrected chi connectivity index (χ4v) is 2.29. The van der Waals surface area contributed by atoms with Gasteiger partial charge < -0.3 is 9.84 Å². The van der Waals surface area contributed by atoms with Crippen molar-refractivity contribution in [1.82, 2.24) is 15.2 Å². The Kier molecular flexibility index (Phi) is 5.47. The van der Waals surface area contributed by atoms with Crippen LogP contribution < -0.4 is 4.74 Å². The molecule has 0 saturated heterocycles. The van der Waals surface area contributed by atoms with Crippen molar-refractivity contribution in [2.75, 3.05) is 13.7 Å². The number of aromatic amines is 1. The molecule has 0 unspecified atom stereocenters. The number of hydrogen-bond donors (Lipinski definition) is 2. The van der Waals surface area contributed by atoms with Gasteiger partial charge in [0, 0.05) is 12.2 Å². The van der Waals surface area contributed by atoms with Crippen molar-refractivity contribution in [3.63, 3.8) is 0 Å². The van der Waals surface area contributed by atoms with Crippen molar-refractivity contribution in [2.45, 2.75) is 17.3 Å². The molecule has 0 fully saturated rings. The number of aliphatic hydroxyl groups excluding tert-OH is 1. The third kappa shape index (κ3) is 4.02. The van der Waals surface area contributed by atoms with E-state index in [1.54, 1.807) is 18.9 Å². The summed E-state index contributed by atoms with van der Waals surface area (Å²) in [5.41, 5.74) is 1.96. The van der Waals surface area contributed by atoms with Gasteiger partial charge >= 0.3 is 0 Å². The molecule has 0 atom stereocenters. The minimum Gasteiger partial charge on any atom is -0.495 e. The van der Waals surface area contributed by atoms with Crippen molar-refractivity contribution in [2.24, 2.45) is 0 Å². The third-order valence-electron chi connectivity index (χ3n) is 2.49. The van der Waals surface area contributed by atoms with Gasteiger partial charge in [-0.1, -0.05) is 29.7 Å². The zero-order valence-electron chi connectivity index (χ0n) is 11.1. The van der Waals surface area contributed by atoms with E-state index in [9.17, 15) is 0 Å². The highest BCUT2D eigenvalue weighted by atomic mass is 32.2. The Labute approximate surface area is 121 Å². The molecule has 104 valence electrons. The second-order valence-corrected chi connectivity index (χ2v) is 4.85. The number of aromatic nitrogens is 3. The van der Waals surface area contributed by atoms with Crippen LogP contribution >= 0.6 is 11.8 Å². The molecule has 1 heterocycles. The van der Waals surface area contributed by atoms with Crippen LogP contribution in [0.1, 0.15) is 17.5 Å². The van der Waals surface area contributed by atoms with Gasteiger partial charge in [-0.05, 0) is 17.7 Å². The number of methoxy groups -OCH3 is 1. The number of thioether (sulfide) groups is 1. The van der Waals surface area contributed by atoms with E-state index < -0.39 is 0 Å². The maximum atomic E-state index is 8.76. The molecular formula is C14H15N3O2S. The number of nitrogens with one attached hydrogen (secondary N) is 1. The van der Waals surface area contributed by atoms with E-state index in [4.69, 9.17) is 9.84 Å². The molecule has 5 nitrogen and oxygen atoms in total. The van der Waals surface area contributed by atoms with E-state index in [0.29, 0.717) is 6.42 Å². The maximum Gasteiger partial charge on any atom is 0.183 e. The minimum atomic E-state index is 0.0658. The van der Waals surface area contributed by atoms with E-state index in [1.165, 1.54) is 6.33 Å². The van der Waals surface area contributed by atoms with Crippen molar-refractivity contribution < 1.29 is 9.84 Å². The standard InChI is InChI=1S/C14H15N3O2S/c1-19-13-6-5-11(8-12(13)4-2-3-7-18)9-20-14-15-10-16-17-14/h5-6,8,10,18H,3,7,9H2,1H3,(H,15,16,17). The molecule has 0 aliphatic rings. The fraction of sp³-hybridized carbons (Fsp3) is 0.286. The zero-order chi connectivity index (χ0) is 14.2. The number of benzene rings is 1. The van der Waals surface area contributed by atoms with E-state index in [-0.39, 0.29) is 6.61 Å². The van der Waals surface area contributed by atoms with Gasteiger partial charge in [0.05, 0.1) is 19.3 Å². The SMILES string of the molecule is COc1ccc(CSc2ncn[nH]2)cc1C#CCCO. The summed E-state index contributed by atoms with van der Waals surface area (Å²) in [6.45, 7) is 0.0658. The molecule has 6 heteroatoms. The van der Waals surface area contributed by atoms with Crippen LogP contribution in [0.3, 0.4) is 0 Å². The largest absolute Gasteiger partial charge is 0.495 e. The van der Waals surface area contributed by atoms with E-state index in [0.717, 1.165) is 27.8 Å². The van der Waals surface area contributed by atoms with Gasteiger partial charge in [0.2, 0.25) is 0 Å². The highest BCUT2D eigenvalue weighted by Crippen LogP contribution is 2.23. The van der Waals surface area contributed by atoms with Gasteiger partial charge in [0.1, 0.15) is 12.1 Å². The van der Waals surface area contributed by atoms with Crippen molar-refractivity contribution in [1.29, 1.82) is 0 Å². The molecular weight excluding hydrogens is 274 g/mol. The quantitative estimate of drug-likeness (QED) is 0.649. The van der Waals surface area contributed by atoms with Gasteiger partial charge in [-0.3, -0.25) is 5.10 Å².